The quantitative estimate of drug-likeness (QED) is 0.766. The van der Waals surface area contributed by atoms with Crippen molar-refractivity contribution in [3.8, 4) is 0 Å². The highest BCUT2D eigenvalue weighted by atomic mass is 79.9. The fourth-order valence-electron chi connectivity index (χ4n) is 2.34. The molecular formula is C12H14BrClN2O2S2. The smallest absolute Gasteiger partial charge is 0.241 e. The van der Waals surface area contributed by atoms with Crippen LogP contribution in [-0.4, -0.2) is 18.9 Å². The average molecular weight is 398 g/mol. The summed E-state index contributed by atoms with van der Waals surface area (Å²) < 4.78 is 28.1. The Bertz CT molecular complexity index is 643. The van der Waals surface area contributed by atoms with E-state index in [1.807, 2.05) is 0 Å². The summed E-state index contributed by atoms with van der Waals surface area (Å²) in [6.45, 7) is 0. The first-order valence-electron chi connectivity index (χ1n) is 6.06. The third-order valence-electron chi connectivity index (χ3n) is 3.46. The van der Waals surface area contributed by atoms with E-state index < -0.39 is 15.6 Å². The van der Waals surface area contributed by atoms with Crippen LogP contribution >= 0.6 is 39.7 Å². The number of rotatable bonds is 4. The molecule has 0 unspecified atom stereocenters. The number of sulfonamides is 1. The second kappa shape index (κ2) is 5.88. The molecule has 0 atom stereocenters. The maximum Gasteiger partial charge on any atom is 0.241 e. The molecule has 0 aliphatic heterocycles. The molecule has 1 aromatic rings. The van der Waals surface area contributed by atoms with Crippen molar-refractivity contribution in [1.29, 1.82) is 0 Å². The summed E-state index contributed by atoms with van der Waals surface area (Å²) in [6, 6.07) is 4.45. The third-order valence-corrected chi connectivity index (χ3v) is 6.60. The Morgan fingerprint density at radius 2 is 2.00 bits per heavy atom. The summed E-state index contributed by atoms with van der Waals surface area (Å²) in [6.07, 6.45) is 3.08. The van der Waals surface area contributed by atoms with Crippen molar-refractivity contribution in [2.45, 2.75) is 36.1 Å². The van der Waals surface area contributed by atoms with Crippen LogP contribution in [0, 0.1) is 0 Å². The molecule has 1 aliphatic rings. The van der Waals surface area contributed by atoms with E-state index in [0.29, 0.717) is 22.3 Å². The van der Waals surface area contributed by atoms with Crippen molar-refractivity contribution >= 4 is 54.8 Å². The fourth-order valence-corrected chi connectivity index (χ4v) is 4.77. The van der Waals surface area contributed by atoms with Crippen molar-refractivity contribution < 1.29 is 8.42 Å². The molecule has 1 aromatic carbocycles. The van der Waals surface area contributed by atoms with E-state index in [1.165, 1.54) is 18.2 Å². The summed E-state index contributed by atoms with van der Waals surface area (Å²) >= 11 is 14.1. The molecule has 0 spiro atoms. The number of hydrogen-bond donors (Lipinski definition) is 2. The minimum Gasteiger partial charge on any atom is -0.392 e. The van der Waals surface area contributed by atoms with Crippen molar-refractivity contribution in [2.24, 2.45) is 5.73 Å². The molecule has 1 fully saturated rings. The van der Waals surface area contributed by atoms with Gasteiger partial charge in [-0.1, -0.05) is 36.7 Å². The zero-order chi connectivity index (χ0) is 15.0. The number of halogens is 2. The number of nitrogens with two attached hydrogens (primary N) is 1. The molecule has 3 N–H and O–H groups in total. The largest absolute Gasteiger partial charge is 0.392 e. The number of hydrogen-bond acceptors (Lipinski definition) is 3. The number of thiocarbonyl (C=S) groups is 1. The summed E-state index contributed by atoms with van der Waals surface area (Å²) in [7, 11) is -3.69. The van der Waals surface area contributed by atoms with Gasteiger partial charge in [-0.3, -0.25) is 0 Å². The molecule has 2 rings (SSSR count). The highest BCUT2D eigenvalue weighted by Gasteiger charge is 2.40. The Balaban J connectivity index is 2.35. The molecule has 0 saturated heterocycles. The van der Waals surface area contributed by atoms with Gasteiger partial charge in [-0.25, -0.2) is 8.42 Å². The molecular weight excluding hydrogens is 384 g/mol. The predicted molar refractivity (Wildman–Crippen MR) is 87.5 cm³/mol. The lowest BCUT2D eigenvalue weighted by Crippen LogP contribution is -2.54. The van der Waals surface area contributed by atoms with Gasteiger partial charge in [0.05, 0.1) is 20.4 Å². The second-order valence-corrected chi connectivity index (χ2v) is 8.22. The van der Waals surface area contributed by atoms with Gasteiger partial charge in [0.2, 0.25) is 10.0 Å². The molecule has 0 radical (unpaired) electrons. The molecule has 1 aliphatic carbocycles. The van der Waals surface area contributed by atoms with E-state index >= 15 is 0 Å². The second-order valence-electron chi connectivity index (χ2n) is 4.83. The monoisotopic (exact) mass is 396 g/mol. The van der Waals surface area contributed by atoms with Crippen LogP contribution in [0.4, 0.5) is 0 Å². The number of benzene rings is 1. The van der Waals surface area contributed by atoms with Gasteiger partial charge < -0.3 is 5.73 Å². The molecule has 0 aromatic heterocycles. The first kappa shape index (κ1) is 16.2. The van der Waals surface area contributed by atoms with Crippen LogP contribution in [0.3, 0.4) is 0 Å². The van der Waals surface area contributed by atoms with Crippen molar-refractivity contribution in [1.82, 2.24) is 4.72 Å². The third kappa shape index (κ3) is 3.17. The first-order valence-corrected chi connectivity index (χ1v) is 9.12. The van der Waals surface area contributed by atoms with E-state index in [2.05, 4.69) is 20.7 Å². The molecule has 4 nitrogen and oxygen atoms in total. The standard InChI is InChI=1S/C12H14BrClN2O2S2/c13-9-7-8(3-4-10(9)14)20(17,18)16-12(11(15)19)5-1-2-6-12/h3-4,7,16H,1-2,5-6H2,(H2,15,19). The topological polar surface area (TPSA) is 72.2 Å². The fraction of sp³-hybridized carbons (Fsp3) is 0.417. The zero-order valence-electron chi connectivity index (χ0n) is 10.5. The van der Waals surface area contributed by atoms with E-state index in [9.17, 15) is 8.42 Å². The summed E-state index contributed by atoms with van der Waals surface area (Å²) in [5.41, 5.74) is 4.94. The number of nitrogens with one attached hydrogen (secondary N) is 1. The van der Waals surface area contributed by atoms with Gasteiger partial charge in [0.15, 0.2) is 0 Å². The molecule has 110 valence electrons. The highest BCUT2D eigenvalue weighted by molar-refractivity contribution is 9.10. The molecule has 0 heterocycles. The van der Waals surface area contributed by atoms with Gasteiger partial charge in [-0.15, -0.1) is 0 Å². The summed E-state index contributed by atoms with van der Waals surface area (Å²) in [5, 5.41) is 0.453. The summed E-state index contributed by atoms with van der Waals surface area (Å²) in [4.78, 5) is 0.336. The minimum atomic E-state index is -3.69. The Morgan fingerprint density at radius 1 is 1.40 bits per heavy atom. The lowest BCUT2D eigenvalue weighted by molar-refractivity contribution is 0.503. The van der Waals surface area contributed by atoms with Gasteiger partial charge in [-0.2, -0.15) is 4.72 Å². The summed E-state index contributed by atoms with van der Waals surface area (Å²) in [5.74, 6) is 0. The minimum absolute atomic E-state index is 0.135. The Hall–Kier alpha value is -0.210. The maximum absolute atomic E-state index is 12.5. The van der Waals surface area contributed by atoms with Crippen LogP contribution in [-0.2, 0) is 10.0 Å². The first-order chi connectivity index (χ1) is 9.27. The average Bonchev–Trinajstić information content (AvgIpc) is 2.81. The van der Waals surface area contributed by atoms with Crippen LogP contribution in [0.2, 0.25) is 5.02 Å². The maximum atomic E-state index is 12.5. The van der Waals surface area contributed by atoms with Crippen LogP contribution in [0.15, 0.2) is 27.6 Å². The van der Waals surface area contributed by atoms with E-state index in [-0.39, 0.29) is 9.88 Å². The lowest BCUT2D eigenvalue weighted by atomic mass is 10.00. The Morgan fingerprint density at radius 3 is 2.50 bits per heavy atom. The highest BCUT2D eigenvalue weighted by Crippen LogP contribution is 2.32. The molecule has 0 amide bonds. The zero-order valence-corrected chi connectivity index (χ0v) is 14.5. The van der Waals surface area contributed by atoms with E-state index in [1.54, 1.807) is 0 Å². The molecule has 8 heteroatoms. The van der Waals surface area contributed by atoms with Crippen LogP contribution in [0.1, 0.15) is 25.7 Å². The normalized spacial score (nSPS) is 18.1. The van der Waals surface area contributed by atoms with E-state index in [0.717, 1.165) is 12.8 Å². The van der Waals surface area contributed by atoms with Crippen LogP contribution in [0.5, 0.6) is 0 Å². The Labute approximate surface area is 137 Å². The lowest BCUT2D eigenvalue weighted by Gasteiger charge is -2.28. The van der Waals surface area contributed by atoms with Crippen molar-refractivity contribution in [3.05, 3.63) is 27.7 Å². The van der Waals surface area contributed by atoms with E-state index in [4.69, 9.17) is 29.6 Å². The van der Waals surface area contributed by atoms with Gasteiger partial charge in [0.1, 0.15) is 0 Å². The Kier molecular flexibility index (Phi) is 4.76. The van der Waals surface area contributed by atoms with Gasteiger partial charge >= 0.3 is 0 Å². The predicted octanol–water partition coefficient (Wildman–Crippen LogP) is 2.98. The SMILES string of the molecule is NC(=S)C1(NS(=O)(=O)c2ccc(Cl)c(Br)c2)CCCC1. The van der Waals surface area contributed by atoms with Crippen LogP contribution < -0.4 is 10.5 Å². The van der Waals surface area contributed by atoms with Crippen LogP contribution in [0.25, 0.3) is 0 Å². The van der Waals surface area contributed by atoms with Crippen molar-refractivity contribution in [2.75, 3.05) is 0 Å². The molecule has 0 bridgehead atoms. The van der Waals surface area contributed by atoms with Crippen molar-refractivity contribution in [3.63, 3.8) is 0 Å². The van der Waals surface area contributed by atoms with Gasteiger partial charge in [-0.05, 0) is 47.0 Å². The molecule has 1 saturated carbocycles. The molecule has 20 heavy (non-hydrogen) atoms. The van der Waals surface area contributed by atoms with Gasteiger partial charge in [0, 0.05) is 4.47 Å². The van der Waals surface area contributed by atoms with Gasteiger partial charge in [0.25, 0.3) is 0 Å².